The van der Waals surface area contributed by atoms with E-state index in [1.165, 1.54) is 0 Å². The molecule has 27 heavy (non-hydrogen) atoms. The van der Waals surface area contributed by atoms with Crippen molar-refractivity contribution in [1.82, 2.24) is 4.72 Å². The normalized spacial score (nSPS) is 14.8. The van der Waals surface area contributed by atoms with E-state index >= 15 is 0 Å². The number of esters is 1. The summed E-state index contributed by atoms with van der Waals surface area (Å²) in [6.07, 6.45) is 0.893. The fourth-order valence-electron chi connectivity index (χ4n) is 2.41. The van der Waals surface area contributed by atoms with E-state index in [1.807, 2.05) is 58.0 Å². The SMILES string of the molecule is C=C[C@@H](OC(=O)c1ccccc1)[C@@H](NS(=O)C(C)(C)C)c1ccc(C)cc1. The first-order chi connectivity index (χ1) is 12.7. The average Bonchev–Trinajstić information content (AvgIpc) is 2.65. The molecule has 0 bridgehead atoms. The molecule has 3 atom stereocenters. The van der Waals surface area contributed by atoms with Gasteiger partial charge in [-0.15, -0.1) is 0 Å². The Labute approximate surface area is 164 Å². The molecule has 1 unspecified atom stereocenters. The fourth-order valence-corrected chi connectivity index (χ4v) is 3.26. The van der Waals surface area contributed by atoms with Crippen molar-refractivity contribution in [3.05, 3.63) is 83.9 Å². The molecule has 0 heterocycles. The highest BCUT2D eigenvalue weighted by Gasteiger charge is 2.30. The van der Waals surface area contributed by atoms with Gasteiger partial charge < -0.3 is 4.74 Å². The van der Waals surface area contributed by atoms with Gasteiger partial charge in [-0.25, -0.2) is 13.7 Å². The number of aryl methyl sites for hydroxylation is 1. The minimum Gasteiger partial charge on any atom is -0.452 e. The van der Waals surface area contributed by atoms with Crippen molar-refractivity contribution in [2.24, 2.45) is 0 Å². The quantitative estimate of drug-likeness (QED) is 0.564. The summed E-state index contributed by atoms with van der Waals surface area (Å²) in [5.41, 5.74) is 2.46. The topological polar surface area (TPSA) is 55.4 Å². The Morgan fingerprint density at radius 3 is 2.22 bits per heavy atom. The molecular weight excluding hydrogens is 358 g/mol. The summed E-state index contributed by atoms with van der Waals surface area (Å²) >= 11 is 0. The van der Waals surface area contributed by atoms with Crippen LogP contribution in [0.3, 0.4) is 0 Å². The van der Waals surface area contributed by atoms with Crippen molar-refractivity contribution in [3.8, 4) is 0 Å². The smallest absolute Gasteiger partial charge is 0.338 e. The van der Waals surface area contributed by atoms with Crippen LogP contribution in [0.5, 0.6) is 0 Å². The first-order valence-electron chi connectivity index (χ1n) is 8.85. The van der Waals surface area contributed by atoms with Gasteiger partial charge >= 0.3 is 5.97 Å². The van der Waals surface area contributed by atoms with Gasteiger partial charge in [0.2, 0.25) is 0 Å². The third kappa shape index (κ3) is 5.88. The molecule has 144 valence electrons. The van der Waals surface area contributed by atoms with Crippen LogP contribution < -0.4 is 4.72 Å². The molecule has 4 nitrogen and oxygen atoms in total. The summed E-state index contributed by atoms with van der Waals surface area (Å²) in [6.45, 7) is 11.5. The molecule has 0 amide bonds. The molecule has 0 aliphatic rings. The first-order valence-corrected chi connectivity index (χ1v) is 10.0. The van der Waals surface area contributed by atoms with Gasteiger partial charge in [-0.1, -0.05) is 54.6 Å². The highest BCUT2D eigenvalue weighted by atomic mass is 32.2. The van der Waals surface area contributed by atoms with E-state index in [9.17, 15) is 9.00 Å². The van der Waals surface area contributed by atoms with Crippen molar-refractivity contribution in [2.75, 3.05) is 0 Å². The number of ether oxygens (including phenoxy) is 1. The highest BCUT2D eigenvalue weighted by molar-refractivity contribution is 7.84. The second kappa shape index (κ2) is 9.11. The van der Waals surface area contributed by atoms with Gasteiger partial charge in [-0.3, -0.25) is 0 Å². The largest absolute Gasteiger partial charge is 0.452 e. The number of rotatable bonds is 7. The average molecular weight is 386 g/mol. The van der Waals surface area contributed by atoms with Crippen LogP contribution in [-0.4, -0.2) is 21.0 Å². The highest BCUT2D eigenvalue weighted by Crippen LogP contribution is 2.24. The van der Waals surface area contributed by atoms with Crippen molar-refractivity contribution >= 4 is 17.0 Å². The summed E-state index contributed by atoms with van der Waals surface area (Å²) in [5.74, 6) is -0.444. The molecule has 0 fully saturated rings. The second-order valence-corrected chi connectivity index (χ2v) is 9.36. The standard InChI is InChI=1S/C22H27NO3S/c1-6-19(26-21(24)18-10-8-7-9-11-18)20(23-27(25)22(3,4)5)17-14-12-16(2)13-15-17/h6-15,19-20,23H,1H2,2-5H3/t19-,20+,27?/m1/s1. The predicted octanol–water partition coefficient (Wildman–Crippen LogP) is 4.50. The van der Waals surface area contributed by atoms with Crippen LogP contribution in [0.4, 0.5) is 0 Å². The Morgan fingerprint density at radius 1 is 1.11 bits per heavy atom. The molecule has 0 aliphatic carbocycles. The number of benzene rings is 2. The van der Waals surface area contributed by atoms with Gasteiger partial charge in [0.1, 0.15) is 6.10 Å². The van der Waals surface area contributed by atoms with Crippen LogP contribution >= 0.6 is 0 Å². The third-order valence-electron chi connectivity index (χ3n) is 4.04. The zero-order valence-corrected chi connectivity index (χ0v) is 17.1. The molecule has 2 aromatic rings. The van der Waals surface area contributed by atoms with Crippen LogP contribution in [0.15, 0.2) is 67.3 Å². The minimum atomic E-state index is -1.34. The van der Waals surface area contributed by atoms with Gasteiger partial charge in [0, 0.05) is 0 Å². The van der Waals surface area contributed by atoms with Gasteiger partial charge in [0.15, 0.2) is 0 Å². The summed E-state index contributed by atoms with van der Waals surface area (Å²) in [7, 11) is -1.34. The number of hydrogen-bond donors (Lipinski definition) is 1. The summed E-state index contributed by atoms with van der Waals surface area (Å²) in [4.78, 5) is 12.5. The molecule has 0 radical (unpaired) electrons. The zero-order valence-electron chi connectivity index (χ0n) is 16.3. The monoisotopic (exact) mass is 385 g/mol. The lowest BCUT2D eigenvalue weighted by molar-refractivity contribution is 0.0337. The molecule has 0 aliphatic heterocycles. The van der Waals surface area contributed by atoms with Crippen molar-refractivity contribution < 1.29 is 13.7 Å². The lowest BCUT2D eigenvalue weighted by Crippen LogP contribution is -2.41. The second-order valence-electron chi connectivity index (χ2n) is 7.36. The van der Waals surface area contributed by atoms with E-state index in [-0.39, 0.29) is 0 Å². The van der Waals surface area contributed by atoms with E-state index in [2.05, 4.69) is 11.3 Å². The Bertz CT molecular complexity index is 795. The summed E-state index contributed by atoms with van der Waals surface area (Å²) in [5, 5.41) is 0. The molecule has 0 saturated heterocycles. The Kier molecular flexibility index (Phi) is 7.11. The van der Waals surface area contributed by atoms with Crippen LogP contribution in [-0.2, 0) is 15.7 Å². The van der Waals surface area contributed by atoms with Gasteiger partial charge in [0.05, 0.1) is 27.3 Å². The molecule has 5 heteroatoms. The Morgan fingerprint density at radius 2 is 1.70 bits per heavy atom. The van der Waals surface area contributed by atoms with Crippen LogP contribution in [0.2, 0.25) is 0 Å². The molecule has 0 aromatic heterocycles. The lowest BCUT2D eigenvalue weighted by Gasteiger charge is -2.29. The van der Waals surface area contributed by atoms with Crippen LogP contribution in [0, 0.1) is 6.92 Å². The minimum absolute atomic E-state index is 0.444. The van der Waals surface area contributed by atoms with Crippen molar-refractivity contribution in [1.29, 1.82) is 0 Å². The molecule has 2 rings (SSSR count). The van der Waals surface area contributed by atoms with E-state index in [1.54, 1.807) is 30.3 Å². The molecular formula is C22H27NO3S. The molecule has 1 N–H and O–H groups in total. The number of hydrogen-bond acceptors (Lipinski definition) is 3. The number of carbonyl (C=O) groups excluding carboxylic acids is 1. The number of nitrogens with one attached hydrogen (secondary N) is 1. The van der Waals surface area contributed by atoms with E-state index in [0.29, 0.717) is 5.56 Å². The molecule has 2 aromatic carbocycles. The fraction of sp³-hybridized carbons (Fsp3) is 0.318. The maximum absolute atomic E-state index is 12.7. The van der Waals surface area contributed by atoms with E-state index in [4.69, 9.17) is 4.74 Å². The Balaban J connectivity index is 2.31. The van der Waals surface area contributed by atoms with Gasteiger partial charge in [-0.2, -0.15) is 0 Å². The van der Waals surface area contributed by atoms with E-state index < -0.39 is 33.8 Å². The maximum atomic E-state index is 12.7. The van der Waals surface area contributed by atoms with Gasteiger partial charge in [0.25, 0.3) is 0 Å². The van der Waals surface area contributed by atoms with Crippen molar-refractivity contribution in [3.63, 3.8) is 0 Å². The summed E-state index contributed by atoms with van der Waals surface area (Å²) in [6, 6.07) is 16.2. The number of carbonyl (C=O) groups is 1. The zero-order chi connectivity index (χ0) is 20.0. The first kappa shape index (κ1) is 21.1. The predicted molar refractivity (Wildman–Crippen MR) is 111 cm³/mol. The van der Waals surface area contributed by atoms with E-state index in [0.717, 1.165) is 11.1 Å². The maximum Gasteiger partial charge on any atom is 0.338 e. The third-order valence-corrected chi connectivity index (χ3v) is 5.62. The molecule has 0 spiro atoms. The summed E-state index contributed by atoms with van der Waals surface area (Å²) < 4.78 is 21.1. The van der Waals surface area contributed by atoms with Crippen molar-refractivity contribution in [2.45, 2.75) is 44.6 Å². The van der Waals surface area contributed by atoms with Gasteiger partial charge in [-0.05, 0) is 51.5 Å². The van der Waals surface area contributed by atoms with Crippen LogP contribution in [0.1, 0.15) is 48.3 Å². The Hall–Kier alpha value is -2.24. The molecule has 0 saturated carbocycles. The lowest BCUT2D eigenvalue weighted by atomic mass is 10.0. The van der Waals surface area contributed by atoms with Crippen LogP contribution in [0.25, 0.3) is 0 Å².